The zero-order valence-electron chi connectivity index (χ0n) is 11.5. The molecular formula is C16H17ClFNO. The van der Waals surface area contributed by atoms with E-state index < -0.39 is 0 Å². The quantitative estimate of drug-likeness (QED) is 0.892. The van der Waals surface area contributed by atoms with Gasteiger partial charge in [0.05, 0.1) is 13.2 Å². The molecule has 0 saturated carbocycles. The first-order valence-corrected chi connectivity index (χ1v) is 6.86. The van der Waals surface area contributed by atoms with Crippen LogP contribution in [0.2, 0.25) is 5.02 Å². The Morgan fingerprint density at radius 3 is 2.60 bits per heavy atom. The summed E-state index contributed by atoms with van der Waals surface area (Å²) >= 11 is 5.82. The van der Waals surface area contributed by atoms with Crippen LogP contribution in [0.5, 0.6) is 5.75 Å². The number of para-hydroxylation sites is 1. The minimum absolute atomic E-state index is 0.270. The Morgan fingerprint density at radius 1 is 1.20 bits per heavy atom. The highest BCUT2D eigenvalue weighted by Crippen LogP contribution is 2.32. The van der Waals surface area contributed by atoms with E-state index in [0.29, 0.717) is 17.1 Å². The van der Waals surface area contributed by atoms with Crippen LogP contribution in [0.3, 0.4) is 0 Å². The summed E-state index contributed by atoms with van der Waals surface area (Å²) in [7, 11) is 1.61. The fraction of sp³-hybridized carbons (Fsp3) is 0.250. The van der Waals surface area contributed by atoms with Crippen LogP contribution in [-0.2, 0) is 0 Å². The maximum atomic E-state index is 14.2. The molecule has 0 radical (unpaired) electrons. The van der Waals surface area contributed by atoms with Gasteiger partial charge in [-0.05, 0) is 24.7 Å². The van der Waals surface area contributed by atoms with Crippen LogP contribution in [0.1, 0.15) is 24.1 Å². The van der Waals surface area contributed by atoms with Crippen LogP contribution >= 0.6 is 11.6 Å². The molecule has 1 atom stereocenters. The molecule has 0 aliphatic carbocycles. The van der Waals surface area contributed by atoms with E-state index >= 15 is 0 Å². The van der Waals surface area contributed by atoms with Crippen molar-refractivity contribution in [2.45, 2.75) is 13.0 Å². The van der Waals surface area contributed by atoms with Crippen molar-refractivity contribution in [3.63, 3.8) is 0 Å². The normalized spacial score (nSPS) is 12.2. The third kappa shape index (κ3) is 3.11. The largest absolute Gasteiger partial charge is 0.496 e. The Kier molecular flexibility index (Phi) is 4.99. The molecule has 1 N–H and O–H groups in total. The van der Waals surface area contributed by atoms with Gasteiger partial charge in [0.15, 0.2) is 0 Å². The molecule has 1 unspecified atom stereocenters. The Hall–Kier alpha value is -1.58. The lowest BCUT2D eigenvalue weighted by atomic mass is 9.97. The predicted octanol–water partition coefficient (Wildman–Crippen LogP) is 4.19. The number of nitrogens with one attached hydrogen (secondary N) is 1. The second-order valence-corrected chi connectivity index (χ2v) is 4.83. The van der Waals surface area contributed by atoms with Crippen LogP contribution in [0.4, 0.5) is 4.39 Å². The van der Waals surface area contributed by atoms with Gasteiger partial charge in [0, 0.05) is 16.1 Å². The minimum atomic E-state index is -0.325. The highest BCUT2D eigenvalue weighted by molar-refractivity contribution is 6.30. The standard InChI is InChI=1S/C16H17ClFNO/c1-3-19-16(12-9-8-11(17)10-14(12)18)13-6-4-5-7-15(13)20-2/h4-10,16,19H,3H2,1-2H3. The monoisotopic (exact) mass is 293 g/mol. The molecule has 0 amide bonds. The molecule has 2 rings (SSSR count). The maximum Gasteiger partial charge on any atom is 0.129 e. The van der Waals surface area contributed by atoms with Crippen LogP contribution in [0, 0.1) is 5.82 Å². The summed E-state index contributed by atoms with van der Waals surface area (Å²) in [4.78, 5) is 0. The molecule has 2 aromatic carbocycles. The van der Waals surface area contributed by atoms with E-state index in [2.05, 4.69) is 5.32 Å². The average molecular weight is 294 g/mol. The average Bonchev–Trinajstić information content (AvgIpc) is 2.45. The molecule has 0 aromatic heterocycles. The molecular weight excluding hydrogens is 277 g/mol. The molecule has 0 saturated heterocycles. The fourth-order valence-electron chi connectivity index (χ4n) is 2.23. The smallest absolute Gasteiger partial charge is 0.129 e. The number of benzene rings is 2. The van der Waals surface area contributed by atoms with Gasteiger partial charge in [0.2, 0.25) is 0 Å². The molecule has 0 bridgehead atoms. The van der Waals surface area contributed by atoms with Gasteiger partial charge in [-0.2, -0.15) is 0 Å². The van der Waals surface area contributed by atoms with Gasteiger partial charge in [0.25, 0.3) is 0 Å². The zero-order valence-corrected chi connectivity index (χ0v) is 12.2. The van der Waals surface area contributed by atoms with Crippen molar-refractivity contribution in [2.75, 3.05) is 13.7 Å². The molecule has 2 nitrogen and oxygen atoms in total. The number of ether oxygens (including phenoxy) is 1. The number of hydrogen-bond donors (Lipinski definition) is 1. The van der Waals surface area contributed by atoms with Crippen LogP contribution in [0.25, 0.3) is 0 Å². The van der Waals surface area contributed by atoms with Crippen molar-refractivity contribution in [1.29, 1.82) is 0 Å². The lowest BCUT2D eigenvalue weighted by Gasteiger charge is -2.21. The molecule has 0 heterocycles. The Morgan fingerprint density at radius 2 is 1.95 bits per heavy atom. The second kappa shape index (κ2) is 6.73. The lowest BCUT2D eigenvalue weighted by molar-refractivity contribution is 0.403. The predicted molar refractivity (Wildman–Crippen MR) is 79.9 cm³/mol. The van der Waals surface area contributed by atoms with E-state index in [1.54, 1.807) is 19.2 Å². The van der Waals surface area contributed by atoms with Gasteiger partial charge in [-0.25, -0.2) is 4.39 Å². The van der Waals surface area contributed by atoms with Gasteiger partial charge in [-0.15, -0.1) is 0 Å². The first-order chi connectivity index (χ1) is 9.67. The molecule has 0 fully saturated rings. The van der Waals surface area contributed by atoms with Crippen molar-refractivity contribution >= 4 is 11.6 Å². The lowest BCUT2D eigenvalue weighted by Crippen LogP contribution is -2.23. The highest BCUT2D eigenvalue weighted by atomic mass is 35.5. The third-order valence-corrected chi connectivity index (χ3v) is 3.37. The SMILES string of the molecule is CCNC(c1ccc(Cl)cc1F)c1ccccc1OC. The minimum Gasteiger partial charge on any atom is -0.496 e. The van der Waals surface area contributed by atoms with E-state index in [9.17, 15) is 4.39 Å². The van der Waals surface area contributed by atoms with E-state index in [4.69, 9.17) is 16.3 Å². The van der Waals surface area contributed by atoms with Crippen LogP contribution in [0.15, 0.2) is 42.5 Å². The molecule has 0 aliphatic rings. The van der Waals surface area contributed by atoms with Gasteiger partial charge < -0.3 is 10.1 Å². The number of halogens is 2. The van der Waals surface area contributed by atoms with Gasteiger partial charge in [0.1, 0.15) is 11.6 Å². The third-order valence-electron chi connectivity index (χ3n) is 3.13. The summed E-state index contributed by atoms with van der Waals surface area (Å²) in [5.74, 6) is 0.405. The van der Waals surface area contributed by atoms with E-state index in [-0.39, 0.29) is 11.9 Å². The zero-order chi connectivity index (χ0) is 14.5. The Bertz CT molecular complexity index is 588. The summed E-state index contributed by atoms with van der Waals surface area (Å²) in [5, 5.41) is 3.68. The van der Waals surface area contributed by atoms with E-state index in [0.717, 1.165) is 11.3 Å². The number of methoxy groups -OCH3 is 1. The summed E-state index contributed by atoms with van der Waals surface area (Å²) in [6.45, 7) is 2.70. The van der Waals surface area contributed by atoms with Crippen molar-refractivity contribution in [1.82, 2.24) is 5.32 Å². The molecule has 4 heteroatoms. The molecule has 0 aliphatic heterocycles. The van der Waals surface area contributed by atoms with Crippen molar-refractivity contribution in [3.05, 3.63) is 64.4 Å². The van der Waals surface area contributed by atoms with Gasteiger partial charge >= 0.3 is 0 Å². The molecule has 0 spiro atoms. The van der Waals surface area contributed by atoms with Crippen LogP contribution < -0.4 is 10.1 Å². The topological polar surface area (TPSA) is 21.3 Å². The first kappa shape index (κ1) is 14.8. The van der Waals surface area contributed by atoms with Gasteiger partial charge in [-0.3, -0.25) is 0 Å². The molecule has 106 valence electrons. The van der Waals surface area contributed by atoms with E-state index in [1.807, 2.05) is 31.2 Å². The highest BCUT2D eigenvalue weighted by Gasteiger charge is 2.20. The van der Waals surface area contributed by atoms with Crippen molar-refractivity contribution in [2.24, 2.45) is 0 Å². The molecule has 2 aromatic rings. The summed E-state index contributed by atoms with van der Waals surface area (Å²) in [6, 6.07) is 12.1. The summed E-state index contributed by atoms with van der Waals surface area (Å²) < 4.78 is 19.5. The summed E-state index contributed by atoms with van der Waals surface area (Å²) in [6.07, 6.45) is 0. The van der Waals surface area contributed by atoms with Crippen molar-refractivity contribution in [3.8, 4) is 5.75 Å². The maximum absolute atomic E-state index is 14.2. The number of rotatable bonds is 5. The van der Waals surface area contributed by atoms with Crippen LogP contribution in [-0.4, -0.2) is 13.7 Å². The Balaban J connectivity index is 2.50. The first-order valence-electron chi connectivity index (χ1n) is 6.48. The van der Waals surface area contributed by atoms with Crippen molar-refractivity contribution < 1.29 is 9.13 Å². The second-order valence-electron chi connectivity index (χ2n) is 4.40. The Labute approximate surface area is 123 Å². The fourth-order valence-corrected chi connectivity index (χ4v) is 2.39. The number of hydrogen-bond acceptors (Lipinski definition) is 2. The van der Waals surface area contributed by atoms with E-state index in [1.165, 1.54) is 6.07 Å². The molecule has 20 heavy (non-hydrogen) atoms. The van der Waals surface area contributed by atoms with Gasteiger partial charge in [-0.1, -0.05) is 42.8 Å². The summed E-state index contributed by atoms with van der Waals surface area (Å²) in [5.41, 5.74) is 1.46.